The summed E-state index contributed by atoms with van der Waals surface area (Å²) >= 11 is 0. The van der Waals surface area contributed by atoms with E-state index in [1.807, 2.05) is 34.6 Å². The summed E-state index contributed by atoms with van der Waals surface area (Å²) in [6, 6.07) is 4.65. The number of hydrogen-bond acceptors (Lipinski definition) is 5. The first-order valence-electron chi connectivity index (χ1n) is 13.5. The molecule has 0 heterocycles. The smallest absolute Gasteiger partial charge is 0.408 e. The molecule has 1 fully saturated rings. The Kier molecular flexibility index (Phi) is 10.4. The normalized spacial score (nSPS) is 16.6. The van der Waals surface area contributed by atoms with Crippen molar-refractivity contribution in [2.45, 2.75) is 123 Å². The van der Waals surface area contributed by atoms with E-state index in [0.717, 1.165) is 32.1 Å². The van der Waals surface area contributed by atoms with Gasteiger partial charge in [0.05, 0.1) is 0 Å². The third kappa shape index (κ3) is 9.24. The highest BCUT2D eigenvalue weighted by Gasteiger charge is 2.43. The molecule has 2 unspecified atom stereocenters. The number of nitrogens with one attached hydrogen (secondary N) is 2. The van der Waals surface area contributed by atoms with Crippen molar-refractivity contribution in [3.8, 4) is 5.75 Å². The fraction of sp³-hybridized carbons (Fsp3) is 0.690. The second-order valence-electron chi connectivity index (χ2n) is 12.5. The maximum atomic E-state index is 14.2. The van der Waals surface area contributed by atoms with E-state index in [-0.39, 0.29) is 23.6 Å². The molecule has 0 radical (unpaired) electrons. The molecular formula is C29H47N3O5. The maximum absolute atomic E-state index is 14.2. The van der Waals surface area contributed by atoms with Crippen molar-refractivity contribution < 1.29 is 24.2 Å². The van der Waals surface area contributed by atoms with Gasteiger partial charge in [0.15, 0.2) is 0 Å². The number of phenolic OH excluding ortho intramolecular Hbond substituents is 1. The topological polar surface area (TPSA) is 108 Å². The number of hydrogen-bond donors (Lipinski definition) is 3. The highest BCUT2D eigenvalue weighted by Crippen LogP contribution is 2.35. The van der Waals surface area contributed by atoms with Crippen molar-refractivity contribution in [1.82, 2.24) is 15.5 Å². The SMILES string of the molecule is CC(C)CC(NC(=O)OC(C)(C)C)C(=O)N(C(C(=O)NC1CCCCC1)c1ccccc1O)C(C)(C)C. The molecule has 0 aliphatic heterocycles. The molecule has 1 aromatic rings. The summed E-state index contributed by atoms with van der Waals surface area (Å²) in [6.07, 6.45) is 4.69. The van der Waals surface area contributed by atoms with Gasteiger partial charge in [0.1, 0.15) is 23.4 Å². The molecule has 0 saturated heterocycles. The molecular weight excluding hydrogens is 470 g/mol. The molecule has 1 saturated carbocycles. The van der Waals surface area contributed by atoms with E-state index in [0.29, 0.717) is 12.0 Å². The van der Waals surface area contributed by atoms with Crippen molar-refractivity contribution >= 4 is 17.9 Å². The number of ether oxygens (including phenoxy) is 1. The highest BCUT2D eigenvalue weighted by atomic mass is 16.6. The van der Waals surface area contributed by atoms with E-state index in [1.165, 1.54) is 11.0 Å². The van der Waals surface area contributed by atoms with Crippen LogP contribution in [0.2, 0.25) is 0 Å². The number of aromatic hydroxyl groups is 1. The van der Waals surface area contributed by atoms with Gasteiger partial charge in [-0.1, -0.05) is 51.3 Å². The molecule has 37 heavy (non-hydrogen) atoms. The van der Waals surface area contributed by atoms with Gasteiger partial charge in [-0.15, -0.1) is 0 Å². The Hall–Kier alpha value is -2.77. The predicted octanol–water partition coefficient (Wildman–Crippen LogP) is 5.45. The number of carbonyl (C=O) groups excluding carboxylic acids is 3. The number of alkyl carbamates (subject to hydrolysis) is 1. The lowest BCUT2D eigenvalue weighted by molar-refractivity contribution is -0.149. The van der Waals surface area contributed by atoms with Gasteiger partial charge in [-0.05, 0) is 72.8 Å². The van der Waals surface area contributed by atoms with Gasteiger partial charge < -0.3 is 25.4 Å². The van der Waals surface area contributed by atoms with E-state index >= 15 is 0 Å². The standard InChI is InChI=1S/C29H47N3O5/c1-19(2)18-22(31-27(36)37-29(6,7)8)26(35)32(28(3,4)5)24(21-16-12-13-17-23(21)33)25(34)30-20-14-10-9-11-15-20/h12-13,16-17,19-20,22,24,33H,9-11,14-15,18H2,1-8H3,(H,30,34)(H,31,36). The lowest BCUT2D eigenvalue weighted by Gasteiger charge is -2.43. The van der Waals surface area contributed by atoms with Crippen LogP contribution in [0, 0.1) is 5.92 Å². The van der Waals surface area contributed by atoms with E-state index in [1.54, 1.807) is 39.0 Å². The van der Waals surface area contributed by atoms with Crippen LogP contribution in [-0.2, 0) is 14.3 Å². The molecule has 208 valence electrons. The molecule has 2 rings (SSSR count). The van der Waals surface area contributed by atoms with Crippen LogP contribution in [0.25, 0.3) is 0 Å². The van der Waals surface area contributed by atoms with Crippen LogP contribution >= 0.6 is 0 Å². The van der Waals surface area contributed by atoms with Gasteiger partial charge >= 0.3 is 6.09 Å². The Bertz CT molecular complexity index is 926. The quantitative estimate of drug-likeness (QED) is 0.425. The van der Waals surface area contributed by atoms with Crippen molar-refractivity contribution in [3.63, 3.8) is 0 Å². The minimum Gasteiger partial charge on any atom is -0.508 e. The van der Waals surface area contributed by atoms with Gasteiger partial charge in [0.2, 0.25) is 11.8 Å². The second-order valence-corrected chi connectivity index (χ2v) is 12.5. The molecule has 0 spiro atoms. The Labute approximate surface area is 222 Å². The Morgan fingerprint density at radius 2 is 1.62 bits per heavy atom. The summed E-state index contributed by atoms with van der Waals surface area (Å²) < 4.78 is 5.44. The van der Waals surface area contributed by atoms with E-state index in [2.05, 4.69) is 10.6 Å². The molecule has 3 amide bonds. The Morgan fingerprint density at radius 3 is 2.14 bits per heavy atom. The summed E-state index contributed by atoms with van der Waals surface area (Å²) in [5.74, 6) is -0.712. The monoisotopic (exact) mass is 517 g/mol. The van der Waals surface area contributed by atoms with Crippen LogP contribution in [0.5, 0.6) is 5.75 Å². The zero-order chi connectivity index (χ0) is 28.0. The summed E-state index contributed by atoms with van der Waals surface area (Å²) in [6.45, 7) is 14.8. The van der Waals surface area contributed by atoms with Gasteiger partial charge in [0, 0.05) is 17.1 Å². The van der Waals surface area contributed by atoms with Crippen LogP contribution in [0.3, 0.4) is 0 Å². The molecule has 1 aliphatic carbocycles. The Morgan fingerprint density at radius 1 is 1.03 bits per heavy atom. The average Bonchev–Trinajstić information content (AvgIpc) is 2.75. The van der Waals surface area contributed by atoms with Gasteiger partial charge in [-0.3, -0.25) is 9.59 Å². The fourth-order valence-corrected chi connectivity index (χ4v) is 4.80. The number of amides is 3. The highest BCUT2D eigenvalue weighted by molar-refractivity contribution is 5.93. The third-order valence-corrected chi connectivity index (χ3v) is 6.35. The lowest BCUT2D eigenvalue weighted by Crippen LogP contribution is -2.59. The van der Waals surface area contributed by atoms with Crippen LogP contribution < -0.4 is 10.6 Å². The van der Waals surface area contributed by atoms with Crippen molar-refractivity contribution in [2.24, 2.45) is 5.92 Å². The van der Waals surface area contributed by atoms with Crippen molar-refractivity contribution in [3.05, 3.63) is 29.8 Å². The second kappa shape index (κ2) is 12.7. The zero-order valence-electron chi connectivity index (χ0n) is 23.9. The number of para-hydroxylation sites is 1. The molecule has 3 N–H and O–H groups in total. The molecule has 0 bridgehead atoms. The van der Waals surface area contributed by atoms with Crippen LogP contribution in [0.4, 0.5) is 4.79 Å². The first-order valence-corrected chi connectivity index (χ1v) is 13.5. The largest absolute Gasteiger partial charge is 0.508 e. The number of carbonyl (C=O) groups is 3. The first kappa shape index (κ1) is 30.5. The van der Waals surface area contributed by atoms with Crippen LogP contribution in [0.1, 0.15) is 106 Å². The zero-order valence-corrected chi connectivity index (χ0v) is 23.9. The van der Waals surface area contributed by atoms with Crippen molar-refractivity contribution in [2.75, 3.05) is 0 Å². The summed E-state index contributed by atoms with van der Waals surface area (Å²) in [5.41, 5.74) is -1.18. The van der Waals surface area contributed by atoms with Crippen molar-refractivity contribution in [1.29, 1.82) is 0 Å². The Balaban J connectivity index is 2.52. The maximum Gasteiger partial charge on any atom is 0.408 e. The van der Waals surface area contributed by atoms with Gasteiger partial charge in [-0.2, -0.15) is 0 Å². The summed E-state index contributed by atoms with van der Waals surface area (Å²) in [7, 11) is 0. The number of phenols is 1. The van der Waals surface area contributed by atoms with Crippen LogP contribution in [0.15, 0.2) is 24.3 Å². The number of benzene rings is 1. The predicted molar refractivity (Wildman–Crippen MR) is 145 cm³/mol. The van der Waals surface area contributed by atoms with E-state index < -0.39 is 35.2 Å². The molecule has 0 aromatic heterocycles. The minimum absolute atomic E-state index is 0.0258. The summed E-state index contributed by atoms with van der Waals surface area (Å²) in [5, 5.41) is 16.7. The molecule has 8 nitrogen and oxygen atoms in total. The fourth-order valence-electron chi connectivity index (χ4n) is 4.80. The molecule has 1 aliphatic rings. The number of rotatable bonds is 8. The molecule has 2 atom stereocenters. The van der Waals surface area contributed by atoms with Gasteiger partial charge in [-0.25, -0.2) is 4.79 Å². The molecule has 8 heteroatoms. The third-order valence-electron chi connectivity index (χ3n) is 6.35. The average molecular weight is 518 g/mol. The van der Waals surface area contributed by atoms with E-state index in [4.69, 9.17) is 4.74 Å². The minimum atomic E-state index is -1.08. The lowest BCUT2D eigenvalue weighted by atomic mass is 9.91. The molecule has 1 aromatic carbocycles. The van der Waals surface area contributed by atoms with Gasteiger partial charge in [0.25, 0.3) is 0 Å². The van der Waals surface area contributed by atoms with E-state index in [9.17, 15) is 19.5 Å². The number of nitrogens with zero attached hydrogens (tertiary/aromatic N) is 1. The van der Waals surface area contributed by atoms with Crippen LogP contribution in [-0.4, -0.2) is 51.1 Å². The first-order chi connectivity index (χ1) is 17.1. The summed E-state index contributed by atoms with van der Waals surface area (Å²) in [4.78, 5) is 42.3.